The maximum atomic E-state index is 12.4. The molecule has 0 spiro atoms. The number of likely N-dealkylation sites (tertiary alicyclic amines) is 1. The second kappa shape index (κ2) is 7.95. The summed E-state index contributed by atoms with van der Waals surface area (Å²) in [6.07, 6.45) is 2.00. The molecular weight excluding hydrogens is 330 g/mol. The van der Waals surface area contributed by atoms with Crippen LogP contribution < -0.4 is 0 Å². The standard InChI is InChI=1S/C18H20ClNO2S/c19-17-7-6-16(23-17)18(21)20-10-8-15(9-11-20)13-22-12-14-4-2-1-3-5-14/h1-7,15H,8-13H2. The Morgan fingerprint density at radius 3 is 2.57 bits per heavy atom. The topological polar surface area (TPSA) is 29.5 Å². The molecule has 1 aromatic carbocycles. The van der Waals surface area contributed by atoms with Gasteiger partial charge in [-0.2, -0.15) is 0 Å². The number of halogens is 1. The Hall–Kier alpha value is -1.36. The van der Waals surface area contributed by atoms with Crippen molar-refractivity contribution in [1.29, 1.82) is 0 Å². The molecule has 1 saturated heterocycles. The van der Waals surface area contributed by atoms with Crippen molar-refractivity contribution in [3.05, 3.63) is 57.2 Å². The van der Waals surface area contributed by atoms with Crippen molar-refractivity contribution in [2.24, 2.45) is 5.92 Å². The van der Waals surface area contributed by atoms with Crippen LogP contribution in [0.25, 0.3) is 0 Å². The van der Waals surface area contributed by atoms with Gasteiger partial charge in [0.15, 0.2) is 0 Å². The predicted molar refractivity (Wildman–Crippen MR) is 94.1 cm³/mol. The SMILES string of the molecule is O=C(c1ccc(Cl)s1)N1CCC(COCc2ccccc2)CC1. The zero-order chi connectivity index (χ0) is 16.1. The molecule has 122 valence electrons. The monoisotopic (exact) mass is 349 g/mol. The molecule has 1 aromatic heterocycles. The number of thiophene rings is 1. The minimum Gasteiger partial charge on any atom is -0.376 e. The van der Waals surface area contributed by atoms with Crippen molar-refractivity contribution in [1.82, 2.24) is 4.90 Å². The van der Waals surface area contributed by atoms with Gasteiger partial charge in [-0.1, -0.05) is 41.9 Å². The average molecular weight is 350 g/mol. The lowest BCUT2D eigenvalue weighted by Crippen LogP contribution is -2.39. The molecule has 1 amide bonds. The average Bonchev–Trinajstić information content (AvgIpc) is 3.02. The number of carbonyl (C=O) groups is 1. The normalized spacial score (nSPS) is 15.8. The summed E-state index contributed by atoms with van der Waals surface area (Å²) >= 11 is 7.26. The van der Waals surface area contributed by atoms with E-state index in [0.717, 1.165) is 37.4 Å². The molecule has 0 radical (unpaired) electrons. The van der Waals surface area contributed by atoms with E-state index in [2.05, 4.69) is 12.1 Å². The summed E-state index contributed by atoms with van der Waals surface area (Å²) in [4.78, 5) is 15.0. The molecule has 1 fully saturated rings. The molecule has 0 atom stereocenters. The third-order valence-electron chi connectivity index (χ3n) is 4.15. The van der Waals surface area contributed by atoms with E-state index in [1.807, 2.05) is 29.2 Å². The summed E-state index contributed by atoms with van der Waals surface area (Å²) < 4.78 is 6.49. The highest BCUT2D eigenvalue weighted by atomic mass is 35.5. The number of hydrogen-bond acceptors (Lipinski definition) is 3. The number of piperidine rings is 1. The highest BCUT2D eigenvalue weighted by molar-refractivity contribution is 7.17. The van der Waals surface area contributed by atoms with Crippen LogP contribution in [0.4, 0.5) is 0 Å². The first-order valence-electron chi connectivity index (χ1n) is 7.88. The van der Waals surface area contributed by atoms with Crippen LogP contribution in [0.3, 0.4) is 0 Å². The lowest BCUT2D eigenvalue weighted by molar-refractivity contribution is 0.0481. The quantitative estimate of drug-likeness (QED) is 0.797. The molecule has 3 rings (SSSR count). The minimum absolute atomic E-state index is 0.102. The van der Waals surface area contributed by atoms with E-state index in [1.54, 1.807) is 6.07 Å². The molecule has 1 aliphatic rings. The Morgan fingerprint density at radius 1 is 1.17 bits per heavy atom. The summed E-state index contributed by atoms with van der Waals surface area (Å²) in [5.74, 6) is 0.639. The number of ether oxygens (including phenoxy) is 1. The zero-order valence-corrected chi connectivity index (χ0v) is 14.5. The van der Waals surface area contributed by atoms with E-state index < -0.39 is 0 Å². The lowest BCUT2D eigenvalue weighted by atomic mass is 9.97. The van der Waals surface area contributed by atoms with Gasteiger partial charge in [0.2, 0.25) is 0 Å². The number of nitrogens with zero attached hydrogens (tertiary/aromatic N) is 1. The van der Waals surface area contributed by atoms with Crippen molar-refractivity contribution in [2.75, 3.05) is 19.7 Å². The molecular formula is C18H20ClNO2S. The van der Waals surface area contributed by atoms with E-state index in [9.17, 15) is 4.79 Å². The van der Waals surface area contributed by atoms with Gasteiger partial charge >= 0.3 is 0 Å². The van der Waals surface area contributed by atoms with Gasteiger partial charge in [-0.3, -0.25) is 4.79 Å². The van der Waals surface area contributed by atoms with Crippen LogP contribution in [0, 0.1) is 5.92 Å². The van der Waals surface area contributed by atoms with Crippen molar-refractivity contribution >= 4 is 28.8 Å². The molecule has 2 aromatic rings. The van der Waals surface area contributed by atoms with Gasteiger partial charge in [0.05, 0.1) is 15.8 Å². The summed E-state index contributed by atoms with van der Waals surface area (Å²) in [7, 11) is 0. The Bertz CT molecular complexity index is 635. The number of rotatable bonds is 5. The van der Waals surface area contributed by atoms with Crippen LogP contribution in [-0.2, 0) is 11.3 Å². The molecule has 2 heterocycles. The maximum absolute atomic E-state index is 12.4. The fourth-order valence-electron chi connectivity index (χ4n) is 2.81. The van der Waals surface area contributed by atoms with Crippen molar-refractivity contribution in [3.8, 4) is 0 Å². The molecule has 3 nitrogen and oxygen atoms in total. The first-order valence-corrected chi connectivity index (χ1v) is 9.08. The van der Waals surface area contributed by atoms with Gasteiger partial charge in [0, 0.05) is 19.7 Å². The maximum Gasteiger partial charge on any atom is 0.263 e. The summed E-state index contributed by atoms with van der Waals surface area (Å²) in [6.45, 7) is 3.02. The molecule has 1 aliphatic heterocycles. The van der Waals surface area contributed by atoms with E-state index in [-0.39, 0.29) is 5.91 Å². The molecule has 0 bridgehead atoms. The second-order valence-corrected chi connectivity index (χ2v) is 7.56. The zero-order valence-electron chi connectivity index (χ0n) is 12.9. The van der Waals surface area contributed by atoms with Gasteiger partial charge in [-0.15, -0.1) is 11.3 Å². The molecule has 5 heteroatoms. The first kappa shape index (κ1) is 16.5. The van der Waals surface area contributed by atoms with Crippen LogP contribution in [0.5, 0.6) is 0 Å². The Kier molecular flexibility index (Phi) is 5.70. The third kappa shape index (κ3) is 4.56. The van der Waals surface area contributed by atoms with E-state index in [0.29, 0.717) is 16.9 Å². The highest BCUT2D eigenvalue weighted by Gasteiger charge is 2.24. The molecule has 0 aliphatic carbocycles. The molecule has 0 N–H and O–H groups in total. The second-order valence-electron chi connectivity index (χ2n) is 5.84. The van der Waals surface area contributed by atoms with Crippen LogP contribution in [0.2, 0.25) is 4.34 Å². The van der Waals surface area contributed by atoms with Crippen LogP contribution in [0.15, 0.2) is 42.5 Å². The lowest BCUT2D eigenvalue weighted by Gasteiger charge is -2.31. The van der Waals surface area contributed by atoms with Crippen molar-refractivity contribution in [3.63, 3.8) is 0 Å². The number of hydrogen-bond donors (Lipinski definition) is 0. The van der Waals surface area contributed by atoms with Gasteiger partial charge in [0.1, 0.15) is 0 Å². The van der Waals surface area contributed by atoms with E-state index in [4.69, 9.17) is 16.3 Å². The van der Waals surface area contributed by atoms with Gasteiger partial charge in [-0.25, -0.2) is 0 Å². The van der Waals surface area contributed by atoms with Gasteiger partial charge in [-0.05, 0) is 36.5 Å². The molecule has 23 heavy (non-hydrogen) atoms. The minimum atomic E-state index is 0.102. The highest BCUT2D eigenvalue weighted by Crippen LogP contribution is 2.25. The number of amides is 1. The Morgan fingerprint density at radius 2 is 1.91 bits per heavy atom. The van der Waals surface area contributed by atoms with Crippen LogP contribution in [-0.4, -0.2) is 30.5 Å². The number of benzene rings is 1. The van der Waals surface area contributed by atoms with Crippen LogP contribution >= 0.6 is 22.9 Å². The van der Waals surface area contributed by atoms with Crippen molar-refractivity contribution < 1.29 is 9.53 Å². The Labute approximate surface area is 145 Å². The van der Waals surface area contributed by atoms with Gasteiger partial charge in [0.25, 0.3) is 5.91 Å². The molecule has 0 unspecified atom stereocenters. The summed E-state index contributed by atoms with van der Waals surface area (Å²) in [5.41, 5.74) is 1.20. The number of carbonyl (C=O) groups excluding carboxylic acids is 1. The third-order valence-corrected chi connectivity index (χ3v) is 5.37. The fraction of sp³-hybridized carbons (Fsp3) is 0.389. The predicted octanol–water partition coefficient (Wildman–Crippen LogP) is 4.47. The Balaban J connectivity index is 1.41. The van der Waals surface area contributed by atoms with E-state index in [1.165, 1.54) is 16.9 Å². The van der Waals surface area contributed by atoms with Gasteiger partial charge < -0.3 is 9.64 Å². The molecule has 0 saturated carbocycles. The summed E-state index contributed by atoms with van der Waals surface area (Å²) in [5, 5.41) is 0. The largest absolute Gasteiger partial charge is 0.376 e. The van der Waals surface area contributed by atoms with E-state index >= 15 is 0 Å². The first-order chi connectivity index (χ1) is 11.2. The summed E-state index contributed by atoms with van der Waals surface area (Å²) in [6, 6.07) is 13.8. The van der Waals surface area contributed by atoms with Crippen LogP contribution in [0.1, 0.15) is 28.1 Å². The fourth-order valence-corrected chi connectivity index (χ4v) is 3.82. The smallest absolute Gasteiger partial charge is 0.263 e. The van der Waals surface area contributed by atoms with Crippen molar-refractivity contribution in [2.45, 2.75) is 19.4 Å².